The molecule has 0 atom stereocenters. The number of carbonyl (C=O) groups excluding carboxylic acids is 1. The van der Waals surface area contributed by atoms with Crippen LogP contribution in [0.3, 0.4) is 0 Å². The third-order valence-corrected chi connectivity index (χ3v) is 3.74. The van der Waals surface area contributed by atoms with Gasteiger partial charge < -0.3 is 14.6 Å². The molecule has 0 aliphatic carbocycles. The topological polar surface area (TPSA) is 67.2 Å². The van der Waals surface area contributed by atoms with Crippen LogP contribution in [-0.4, -0.2) is 22.9 Å². The molecule has 25 heavy (non-hydrogen) atoms. The SMILES string of the molecule is COc1ccccc1-c1nn(Cc2ccccc2)cc1/C=C/C(=O)[O-]. The highest BCUT2D eigenvalue weighted by atomic mass is 16.5. The van der Waals surface area contributed by atoms with Crippen LogP contribution < -0.4 is 9.84 Å². The van der Waals surface area contributed by atoms with E-state index < -0.39 is 5.97 Å². The van der Waals surface area contributed by atoms with E-state index in [4.69, 9.17) is 4.74 Å². The van der Waals surface area contributed by atoms with Crippen LogP contribution in [-0.2, 0) is 11.3 Å². The fraction of sp³-hybridized carbons (Fsp3) is 0.100. The Kier molecular flexibility index (Phi) is 4.95. The number of carboxylic acid groups (broad SMARTS) is 1. The van der Waals surface area contributed by atoms with Gasteiger partial charge >= 0.3 is 0 Å². The summed E-state index contributed by atoms with van der Waals surface area (Å²) >= 11 is 0. The first-order valence-corrected chi connectivity index (χ1v) is 7.81. The van der Waals surface area contributed by atoms with Crippen LogP contribution in [0.1, 0.15) is 11.1 Å². The second-order valence-corrected chi connectivity index (χ2v) is 5.47. The monoisotopic (exact) mass is 333 g/mol. The van der Waals surface area contributed by atoms with Crippen molar-refractivity contribution in [2.75, 3.05) is 7.11 Å². The summed E-state index contributed by atoms with van der Waals surface area (Å²) in [5.41, 5.74) is 3.25. The number of rotatable bonds is 6. The fourth-order valence-corrected chi connectivity index (χ4v) is 2.62. The maximum atomic E-state index is 10.8. The molecule has 3 aromatic rings. The molecule has 0 bridgehead atoms. The van der Waals surface area contributed by atoms with Crippen molar-refractivity contribution in [1.82, 2.24) is 9.78 Å². The summed E-state index contributed by atoms with van der Waals surface area (Å²) in [6.07, 6.45) is 4.31. The third-order valence-electron chi connectivity index (χ3n) is 3.74. The number of hydrogen-bond donors (Lipinski definition) is 0. The van der Waals surface area contributed by atoms with Crippen molar-refractivity contribution < 1.29 is 14.6 Å². The Morgan fingerprint density at radius 3 is 2.60 bits per heavy atom. The van der Waals surface area contributed by atoms with Gasteiger partial charge in [0, 0.05) is 17.3 Å². The van der Waals surface area contributed by atoms with Crippen molar-refractivity contribution >= 4 is 12.0 Å². The minimum Gasteiger partial charge on any atom is -0.545 e. The minimum atomic E-state index is -1.25. The van der Waals surface area contributed by atoms with Crippen LogP contribution in [0.25, 0.3) is 17.3 Å². The fourth-order valence-electron chi connectivity index (χ4n) is 2.62. The van der Waals surface area contributed by atoms with E-state index in [0.717, 1.165) is 17.2 Å². The van der Waals surface area contributed by atoms with Gasteiger partial charge in [0.05, 0.1) is 19.6 Å². The van der Waals surface area contributed by atoms with Crippen LogP contribution in [0, 0.1) is 0 Å². The zero-order valence-corrected chi connectivity index (χ0v) is 13.8. The van der Waals surface area contributed by atoms with Crippen molar-refractivity contribution in [3.05, 3.63) is 78.0 Å². The van der Waals surface area contributed by atoms with Crippen molar-refractivity contribution in [3.63, 3.8) is 0 Å². The predicted octanol–water partition coefficient (Wildman–Crippen LogP) is 2.37. The molecular weight excluding hydrogens is 316 g/mol. The van der Waals surface area contributed by atoms with Gasteiger partial charge in [0.25, 0.3) is 0 Å². The summed E-state index contributed by atoms with van der Waals surface area (Å²) in [5, 5.41) is 15.4. The van der Waals surface area contributed by atoms with Gasteiger partial charge in [0.1, 0.15) is 11.4 Å². The molecule has 0 saturated carbocycles. The lowest BCUT2D eigenvalue weighted by Gasteiger charge is -2.06. The zero-order valence-electron chi connectivity index (χ0n) is 13.8. The molecule has 0 spiro atoms. The number of nitrogens with zero attached hydrogens (tertiary/aromatic N) is 2. The number of para-hydroxylation sites is 1. The minimum absolute atomic E-state index is 0.585. The third kappa shape index (κ3) is 3.95. The normalized spacial score (nSPS) is 10.9. The summed E-state index contributed by atoms with van der Waals surface area (Å²) in [5.74, 6) is -0.572. The van der Waals surface area contributed by atoms with Gasteiger partial charge in [-0.15, -0.1) is 0 Å². The number of aromatic nitrogens is 2. The summed E-state index contributed by atoms with van der Waals surface area (Å²) in [4.78, 5) is 10.8. The van der Waals surface area contributed by atoms with E-state index in [9.17, 15) is 9.90 Å². The molecule has 2 aromatic carbocycles. The molecule has 0 saturated heterocycles. The Morgan fingerprint density at radius 2 is 1.88 bits per heavy atom. The molecule has 3 rings (SSSR count). The molecule has 5 heteroatoms. The number of ether oxygens (including phenoxy) is 1. The highest BCUT2D eigenvalue weighted by Crippen LogP contribution is 2.31. The lowest BCUT2D eigenvalue weighted by Crippen LogP contribution is -2.18. The van der Waals surface area contributed by atoms with Crippen LogP contribution >= 0.6 is 0 Å². The quantitative estimate of drug-likeness (QED) is 0.650. The first kappa shape index (κ1) is 16.5. The number of methoxy groups -OCH3 is 1. The van der Waals surface area contributed by atoms with Crippen molar-refractivity contribution in [2.24, 2.45) is 0 Å². The van der Waals surface area contributed by atoms with Gasteiger partial charge in [-0.05, 0) is 29.8 Å². The van der Waals surface area contributed by atoms with Gasteiger partial charge in [0.2, 0.25) is 0 Å². The lowest BCUT2D eigenvalue weighted by atomic mass is 10.1. The Morgan fingerprint density at radius 1 is 1.16 bits per heavy atom. The first-order valence-electron chi connectivity index (χ1n) is 7.81. The van der Waals surface area contributed by atoms with E-state index in [1.54, 1.807) is 11.8 Å². The Labute approximate surface area is 145 Å². The van der Waals surface area contributed by atoms with Crippen LogP contribution in [0.5, 0.6) is 5.75 Å². The summed E-state index contributed by atoms with van der Waals surface area (Å²) < 4.78 is 7.19. The van der Waals surface area contributed by atoms with Crippen LogP contribution in [0.15, 0.2) is 66.9 Å². The maximum Gasteiger partial charge on any atom is 0.128 e. The molecule has 5 nitrogen and oxygen atoms in total. The molecule has 0 N–H and O–H groups in total. The molecule has 1 aromatic heterocycles. The van der Waals surface area contributed by atoms with Crippen molar-refractivity contribution in [2.45, 2.75) is 6.54 Å². The average molecular weight is 333 g/mol. The average Bonchev–Trinajstić information content (AvgIpc) is 3.03. The number of carboxylic acids is 1. The van der Waals surface area contributed by atoms with Crippen LogP contribution in [0.4, 0.5) is 0 Å². The van der Waals surface area contributed by atoms with E-state index in [1.165, 1.54) is 6.08 Å². The molecule has 0 aliphatic heterocycles. The molecule has 126 valence electrons. The summed E-state index contributed by atoms with van der Waals surface area (Å²) in [6, 6.07) is 17.4. The van der Waals surface area contributed by atoms with E-state index in [2.05, 4.69) is 5.10 Å². The highest BCUT2D eigenvalue weighted by Gasteiger charge is 2.13. The number of carbonyl (C=O) groups is 1. The van der Waals surface area contributed by atoms with Crippen molar-refractivity contribution in [1.29, 1.82) is 0 Å². The second kappa shape index (κ2) is 7.49. The molecule has 0 amide bonds. The van der Waals surface area contributed by atoms with Gasteiger partial charge in [-0.1, -0.05) is 42.5 Å². The number of hydrogen-bond acceptors (Lipinski definition) is 4. The first-order chi connectivity index (χ1) is 12.2. The second-order valence-electron chi connectivity index (χ2n) is 5.47. The van der Waals surface area contributed by atoms with Gasteiger partial charge in [-0.25, -0.2) is 0 Å². The Hall–Kier alpha value is -3.34. The summed E-state index contributed by atoms with van der Waals surface area (Å²) in [7, 11) is 1.59. The van der Waals surface area contributed by atoms with E-state index >= 15 is 0 Å². The van der Waals surface area contributed by atoms with Gasteiger partial charge in [-0.3, -0.25) is 4.68 Å². The molecule has 0 aliphatic rings. The Balaban J connectivity index is 2.04. The Bertz CT molecular complexity index is 898. The van der Waals surface area contributed by atoms with Crippen molar-refractivity contribution in [3.8, 4) is 17.0 Å². The van der Waals surface area contributed by atoms with E-state index in [0.29, 0.717) is 23.6 Å². The number of benzene rings is 2. The summed E-state index contributed by atoms with van der Waals surface area (Å²) in [6.45, 7) is 0.585. The molecule has 0 radical (unpaired) electrons. The smallest absolute Gasteiger partial charge is 0.128 e. The van der Waals surface area contributed by atoms with E-state index in [1.807, 2.05) is 60.8 Å². The molecule has 0 unspecified atom stereocenters. The highest BCUT2D eigenvalue weighted by molar-refractivity contribution is 5.86. The largest absolute Gasteiger partial charge is 0.545 e. The van der Waals surface area contributed by atoms with Crippen LogP contribution in [0.2, 0.25) is 0 Å². The zero-order chi connectivity index (χ0) is 17.6. The molecular formula is C20H17N2O3-. The van der Waals surface area contributed by atoms with Gasteiger partial charge in [0.15, 0.2) is 0 Å². The lowest BCUT2D eigenvalue weighted by molar-refractivity contribution is -0.297. The molecule has 1 heterocycles. The number of aliphatic carboxylic acids is 1. The van der Waals surface area contributed by atoms with Gasteiger partial charge in [-0.2, -0.15) is 5.10 Å². The molecule has 0 fully saturated rings. The predicted molar refractivity (Wildman–Crippen MR) is 93.8 cm³/mol. The maximum absolute atomic E-state index is 10.8. The standard InChI is InChI=1S/C20H18N2O3/c1-25-18-10-6-5-9-17(18)20-16(11-12-19(23)24)14-22(21-20)13-15-7-3-2-4-8-15/h2-12,14H,13H2,1H3,(H,23,24)/p-1/b12-11+. The van der Waals surface area contributed by atoms with E-state index in [-0.39, 0.29) is 0 Å².